The van der Waals surface area contributed by atoms with Crippen LogP contribution in [0.5, 0.6) is 0 Å². The number of rotatable bonds is 18. The van der Waals surface area contributed by atoms with Crippen molar-refractivity contribution >= 4 is 115 Å². The van der Waals surface area contributed by atoms with E-state index in [0.717, 1.165) is 88.4 Å². The van der Waals surface area contributed by atoms with Gasteiger partial charge < -0.3 is 0 Å². The van der Waals surface area contributed by atoms with Gasteiger partial charge in [0, 0.05) is 0 Å². The molecule has 222 valence electrons. The molecule has 0 amide bonds. The van der Waals surface area contributed by atoms with Crippen molar-refractivity contribution in [3.8, 4) is 0 Å². The van der Waals surface area contributed by atoms with Crippen LogP contribution in [0, 0.1) is 0 Å². The molecule has 0 aliphatic rings. The van der Waals surface area contributed by atoms with Gasteiger partial charge >= 0.3 is 0 Å². The largest absolute Gasteiger partial charge is 0.248 e. The van der Waals surface area contributed by atoms with Crippen LogP contribution in [-0.4, -0.2) is 26.8 Å². The Morgan fingerprint density at radius 1 is 0.368 bits per heavy atom. The lowest BCUT2D eigenvalue weighted by Crippen LogP contribution is -2.23. The van der Waals surface area contributed by atoms with Crippen LogP contribution in [0.25, 0.3) is 0 Å². The van der Waals surface area contributed by atoms with E-state index in [-0.39, 0.29) is 0 Å². The summed E-state index contributed by atoms with van der Waals surface area (Å²) in [6, 6.07) is 3.22. The topological polar surface area (TPSA) is 0 Å². The van der Waals surface area contributed by atoms with Crippen molar-refractivity contribution in [3.63, 3.8) is 0 Å². The van der Waals surface area contributed by atoms with Crippen molar-refractivity contribution in [2.45, 2.75) is 128 Å². The van der Waals surface area contributed by atoms with Crippen LogP contribution in [0.15, 0.2) is 0 Å². The van der Waals surface area contributed by atoms with E-state index in [0.29, 0.717) is 0 Å². The molecule has 0 N–H and O–H groups in total. The second kappa shape index (κ2) is 17.0. The van der Waals surface area contributed by atoms with E-state index >= 15 is 0 Å². The maximum Gasteiger partial charge on any atom is 0.248 e. The van der Waals surface area contributed by atoms with E-state index < -0.39 is 26.8 Å². The predicted molar refractivity (Wildman–Crippen MR) is 191 cm³/mol. The fourth-order valence-electron chi connectivity index (χ4n) is 4.99. The zero-order valence-corrected chi connectivity index (χ0v) is 34.0. The second-order valence-corrected chi connectivity index (χ2v) is 44.3. The highest BCUT2D eigenvalue weighted by atomic mass is 35.7. The zero-order chi connectivity index (χ0) is 29.4. The lowest BCUT2D eigenvalue weighted by Gasteiger charge is -2.30. The Labute approximate surface area is 274 Å². The molecule has 0 aromatic heterocycles. The lowest BCUT2D eigenvalue weighted by molar-refractivity contribution is 0.735. The Morgan fingerprint density at radius 3 is 0.711 bits per heavy atom. The summed E-state index contributed by atoms with van der Waals surface area (Å²) < 4.78 is 0. The van der Waals surface area contributed by atoms with Crippen molar-refractivity contribution in [1.29, 1.82) is 0 Å². The Hall–Kier alpha value is 2.41. The number of halogens is 8. The maximum absolute atomic E-state index is 6.68. The first kappa shape index (κ1) is 38.4. The van der Waals surface area contributed by atoms with Crippen molar-refractivity contribution in [3.05, 3.63) is 33.4 Å². The molecule has 0 atom stereocenters. The van der Waals surface area contributed by atoms with Crippen LogP contribution in [0.1, 0.15) is 72.9 Å². The van der Waals surface area contributed by atoms with Crippen molar-refractivity contribution in [1.82, 2.24) is 0 Å². The molecule has 1 rings (SSSR count). The van der Waals surface area contributed by atoms with Crippen molar-refractivity contribution < 1.29 is 0 Å². The Kier molecular flexibility index (Phi) is 17.2. The summed E-state index contributed by atoms with van der Waals surface area (Å²) in [5.74, 6) is 0. The normalized spacial score (nSPS) is 13.4. The van der Waals surface area contributed by atoms with Gasteiger partial charge in [-0.15, -0.1) is 88.6 Å². The van der Waals surface area contributed by atoms with Gasteiger partial charge in [0.1, 0.15) is 0 Å². The second-order valence-electron chi connectivity index (χ2n) is 11.4. The monoisotopic (exact) mass is 750 g/mol. The van der Waals surface area contributed by atoms with Gasteiger partial charge in [0.25, 0.3) is 0 Å². The molecule has 0 radical (unpaired) electrons. The van der Waals surface area contributed by atoms with E-state index in [1.807, 2.05) is 26.2 Å². The van der Waals surface area contributed by atoms with Gasteiger partial charge in [0.15, 0.2) is 0 Å². The fraction of sp³-hybridized carbons (Fsp3) is 0.769. The molecule has 38 heavy (non-hydrogen) atoms. The summed E-state index contributed by atoms with van der Waals surface area (Å²) >= 11 is 53.4. The van der Waals surface area contributed by atoms with Crippen molar-refractivity contribution in [2.75, 3.05) is 0 Å². The fourth-order valence-corrected chi connectivity index (χ4v) is 10.0. The quantitative estimate of drug-likeness (QED) is 0.103. The average Bonchev–Trinajstić information content (AvgIpc) is 2.74. The third-order valence-electron chi connectivity index (χ3n) is 7.00. The van der Waals surface area contributed by atoms with Crippen LogP contribution >= 0.6 is 88.6 Å². The Bertz CT molecular complexity index is 798. The van der Waals surface area contributed by atoms with Crippen LogP contribution in [0.3, 0.4) is 0 Å². The van der Waals surface area contributed by atoms with E-state index in [4.69, 9.17) is 88.6 Å². The third kappa shape index (κ3) is 15.8. The van der Waals surface area contributed by atoms with Crippen LogP contribution < -0.4 is 0 Å². The molecule has 1 aromatic rings. The molecule has 0 aliphatic carbocycles. The molecule has 0 heterocycles. The van der Waals surface area contributed by atoms with Crippen LogP contribution in [-0.2, 0) is 38.5 Å². The summed E-state index contributed by atoms with van der Waals surface area (Å²) in [5, 5.41) is 0. The van der Waals surface area contributed by atoms with E-state index in [2.05, 4.69) is 13.8 Å². The summed E-state index contributed by atoms with van der Waals surface area (Å²) in [7, 11) is 0. The van der Waals surface area contributed by atoms with Gasteiger partial charge in [-0.25, -0.2) is 0 Å². The summed E-state index contributed by atoms with van der Waals surface area (Å²) in [5.41, 5.74) is 8.63. The predicted octanol–water partition coefficient (Wildman–Crippen LogP) is 12.7. The number of unbranched alkanes of at least 4 members (excludes halogenated alkanes) is 2. The summed E-state index contributed by atoms with van der Waals surface area (Å²) in [4.78, 5) is 0. The highest BCUT2D eigenvalue weighted by molar-refractivity contribution is 7.46. The van der Waals surface area contributed by atoms with E-state index in [1.54, 1.807) is 0 Å². The standard InChI is InChI=1S/C26H46Cl8Si4/c1-7-9-11-21-22(12-10-8-2)24(14-18-36(4,29)30)26(16-20-38(6,33)34)25(15-19-37(5,31)32)23(21)13-17-35(3,27)28/h7-20H2,1-6H3. The zero-order valence-electron chi connectivity index (χ0n) is 23.9. The molecule has 0 nitrogen and oxygen atoms in total. The molecule has 1 aromatic carbocycles. The Balaban J connectivity index is 4.05. The highest BCUT2D eigenvalue weighted by Crippen LogP contribution is 2.39. The molecule has 0 saturated carbocycles. The molecule has 0 unspecified atom stereocenters. The maximum atomic E-state index is 6.68. The van der Waals surface area contributed by atoms with Gasteiger partial charge in [-0.3, -0.25) is 0 Å². The third-order valence-corrected chi connectivity index (χ3v) is 16.0. The molecular weight excluding hydrogens is 708 g/mol. The van der Waals surface area contributed by atoms with Gasteiger partial charge in [0.05, 0.1) is 0 Å². The molecule has 0 fully saturated rings. The van der Waals surface area contributed by atoms with Crippen LogP contribution in [0.4, 0.5) is 0 Å². The first-order valence-corrected chi connectivity index (χ1v) is 32.9. The molecule has 0 bridgehead atoms. The summed E-state index contributed by atoms with van der Waals surface area (Å²) in [6.07, 6.45) is 10.1. The Morgan fingerprint density at radius 2 is 0.553 bits per heavy atom. The minimum atomic E-state index is -2.33. The minimum absolute atomic E-state index is 0.793. The first-order chi connectivity index (χ1) is 17.3. The molecule has 0 aliphatic heterocycles. The minimum Gasteiger partial charge on any atom is -0.146 e. The smallest absolute Gasteiger partial charge is 0.146 e. The molecular formula is C26H46Cl8Si4. The first-order valence-electron chi connectivity index (χ1n) is 14.0. The van der Waals surface area contributed by atoms with Gasteiger partial charge in [0.2, 0.25) is 26.8 Å². The van der Waals surface area contributed by atoms with Gasteiger partial charge in [-0.1, -0.05) is 26.7 Å². The molecule has 12 heteroatoms. The number of hydrogen-bond donors (Lipinski definition) is 0. The SMILES string of the molecule is CCCCc1c(CCCC)c(CC[Si](C)(Cl)Cl)c(CC[Si](C)(Cl)Cl)c(CC[Si](C)(Cl)Cl)c1CC[Si](C)(Cl)Cl. The van der Waals surface area contributed by atoms with Crippen molar-refractivity contribution in [2.24, 2.45) is 0 Å². The number of hydrogen-bond acceptors (Lipinski definition) is 0. The highest BCUT2D eigenvalue weighted by Gasteiger charge is 2.31. The average molecular weight is 755 g/mol. The van der Waals surface area contributed by atoms with E-state index in [1.165, 1.54) is 33.4 Å². The van der Waals surface area contributed by atoms with Gasteiger partial charge in [-0.05, 0) is 135 Å². The lowest BCUT2D eigenvalue weighted by atomic mass is 9.79. The molecule has 0 saturated heterocycles. The number of benzene rings is 1. The summed E-state index contributed by atoms with van der Waals surface area (Å²) in [6.45, 7) is 3.29. The van der Waals surface area contributed by atoms with Gasteiger partial charge in [-0.2, -0.15) is 0 Å². The molecule has 0 spiro atoms. The van der Waals surface area contributed by atoms with E-state index in [9.17, 15) is 0 Å². The van der Waals surface area contributed by atoms with Crippen LogP contribution in [0.2, 0.25) is 50.4 Å².